The average Bonchev–Trinajstić information content (AvgIpc) is 2.72. The molecule has 0 saturated carbocycles. The van der Waals surface area contributed by atoms with Gasteiger partial charge in [0.25, 0.3) is 0 Å². The smallest absolute Gasteiger partial charge is 0.118 e. The van der Waals surface area contributed by atoms with Crippen molar-refractivity contribution in [2.75, 3.05) is 7.11 Å². The van der Waals surface area contributed by atoms with Gasteiger partial charge >= 0.3 is 0 Å². The molecule has 0 fully saturated rings. The Morgan fingerprint density at radius 2 is 1.38 bits per heavy atom. The molecule has 3 heteroatoms. The Morgan fingerprint density at radius 3 is 2.08 bits per heavy atom. The van der Waals surface area contributed by atoms with Gasteiger partial charge in [-0.3, -0.25) is 4.98 Å². The average molecular weight is 338 g/mol. The molecule has 3 aromatic carbocycles. The highest BCUT2D eigenvalue weighted by Gasteiger charge is 1.99. The van der Waals surface area contributed by atoms with Gasteiger partial charge in [0.05, 0.1) is 30.0 Å². The van der Waals surface area contributed by atoms with E-state index in [0.717, 1.165) is 28.0 Å². The van der Waals surface area contributed by atoms with E-state index in [2.05, 4.69) is 52.4 Å². The molecule has 4 aromatic rings. The van der Waals surface area contributed by atoms with E-state index in [1.165, 1.54) is 11.1 Å². The first-order chi connectivity index (χ1) is 12.8. The van der Waals surface area contributed by atoms with Crippen LogP contribution in [0.25, 0.3) is 34.3 Å². The van der Waals surface area contributed by atoms with Crippen molar-refractivity contribution in [1.82, 2.24) is 9.97 Å². The highest BCUT2D eigenvalue weighted by atomic mass is 16.5. The largest absolute Gasteiger partial charge is 0.497 e. The van der Waals surface area contributed by atoms with E-state index in [0.29, 0.717) is 0 Å². The van der Waals surface area contributed by atoms with Gasteiger partial charge in [-0.2, -0.15) is 0 Å². The van der Waals surface area contributed by atoms with Crippen LogP contribution in [0.15, 0.2) is 79.0 Å². The van der Waals surface area contributed by atoms with E-state index in [9.17, 15) is 0 Å². The number of ether oxygens (including phenoxy) is 1. The number of fused-ring (bicyclic) bond motifs is 1. The topological polar surface area (TPSA) is 35.0 Å². The fraction of sp³-hybridized carbons (Fsp3) is 0.0435. The van der Waals surface area contributed by atoms with Crippen LogP contribution in [0.5, 0.6) is 5.75 Å². The molecule has 4 rings (SSSR count). The van der Waals surface area contributed by atoms with Gasteiger partial charge in [0.15, 0.2) is 0 Å². The van der Waals surface area contributed by atoms with Gasteiger partial charge in [-0.1, -0.05) is 54.6 Å². The van der Waals surface area contributed by atoms with Crippen LogP contribution >= 0.6 is 0 Å². The van der Waals surface area contributed by atoms with E-state index in [1.807, 2.05) is 42.5 Å². The molecular weight excluding hydrogens is 320 g/mol. The Bertz CT molecular complexity index is 1050. The summed E-state index contributed by atoms with van der Waals surface area (Å²) in [5.74, 6) is 0.866. The third kappa shape index (κ3) is 3.47. The summed E-state index contributed by atoms with van der Waals surface area (Å²) < 4.78 is 5.20. The van der Waals surface area contributed by atoms with E-state index >= 15 is 0 Å². The maximum absolute atomic E-state index is 5.20. The monoisotopic (exact) mass is 338 g/mol. The second-order valence-corrected chi connectivity index (χ2v) is 5.97. The molecule has 0 aliphatic carbocycles. The number of aromatic nitrogens is 2. The van der Waals surface area contributed by atoms with Crippen LogP contribution in [0.1, 0.15) is 11.3 Å². The number of para-hydroxylation sites is 2. The van der Waals surface area contributed by atoms with Crippen LogP contribution in [0.4, 0.5) is 0 Å². The molecule has 0 bridgehead atoms. The minimum atomic E-state index is 0.850. The molecule has 0 spiro atoms. The summed E-state index contributed by atoms with van der Waals surface area (Å²) >= 11 is 0. The van der Waals surface area contributed by atoms with Gasteiger partial charge in [0.2, 0.25) is 0 Å². The first-order valence-corrected chi connectivity index (χ1v) is 8.46. The maximum atomic E-state index is 5.20. The van der Waals surface area contributed by atoms with Crippen molar-refractivity contribution < 1.29 is 4.74 Å². The zero-order valence-corrected chi connectivity index (χ0v) is 14.5. The van der Waals surface area contributed by atoms with Gasteiger partial charge in [-0.05, 0) is 47.0 Å². The van der Waals surface area contributed by atoms with E-state index in [4.69, 9.17) is 4.74 Å². The number of hydrogen-bond acceptors (Lipinski definition) is 3. The van der Waals surface area contributed by atoms with Crippen molar-refractivity contribution in [3.8, 4) is 16.9 Å². The molecular formula is C23H18N2O. The Balaban J connectivity index is 1.53. The Labute approximate surface area is 152 Å². The zero-order valence-electron chi connectivity index (χ0n) is 14.5. The van der Waals surface area contributed by atoms with E-state index < -0.39 is 0 Å². The molecule has 0 amide bonds. The van der Waals surface area contributed by atoms with Gasteiger partial charge in [-0.25, -0.2) is 4.98 Å². The molecule has 0 unspecified atom stereocenters. The van der Waals surface area contributed by atoms with E-state index in [-0.39, 0.29) is 0 Å². The van der Waals surface area contributed by atoms with Crippen LogP contribution in [-0.2, 0) is 0 Å². The number of hydrogen-bond donors (Lipinski definition) is 0. The molecule has 0 saturated heterocycles. The molecule has 0 aliphatic heterocycles. The molecule has 0 atom stereocenters. The summed E-state index contributed by atoms with van der Waals surface area (Å²) in [6.45, 7) is 0. The van der Waals surface area contributed by atoms with Crippen LogP contribution in [0.2, 0.25) is 0 Å². The van der Waals surface area contributed by atoms with Crippen molar-refractivity contribution in [2.24, 2.45) is 0 Å². The quantitative estimate of drug-likeness (QED) is 0.494. The standard InChI is InChI=1S/C23H18N2O/c1-26-21-14-11-19(12-15-21)18-9-6-17(7-10-18)8-13-20-16-24-22-4-2-3-5-23(22)25-20/h2-16H,1H3/b13-8+. The van der Waals surface area contributed by atoms with Crippen LogP contribution in [-0.4, -0.2) is 17.1 Å². The van der Waals surface area contributed by atoms with Crippen LogP contribution in [0.3, 0.4) is 0 Å². The molecule has 1 aromatic heterocycles. The van der Waals surface area contributed by atoms with Gasteiger partial charge < -0.3 is 4.74 Å². The first-order valence-electron chi connectivity index (χ1n) is 8.46. The van der Waals surface area contributed by atoms with Crippen LogP contribution < -0.4 is 4.74 Å². The molecule has 3 nitrogen and oxygen atoms in total. The van der Waals surface area contributed by atoms with Gasteiger partial charge in [0.1, 0.15) is 5.75 Å². The molecule has 26 heavy (non-hydrogen) atoms. The minimum absolute atomic E-state index is 0.850. The summed E-state index contributed by atoms with van der Waals surface area (Å²) in [6.07, 6.45) is 5.84. The summed E-state index contributed by atoms with van der Waals surface area (Å²) in [7, 11) is 1.68. The Morgan fingerprint density at radius 1 is 0.731 bits per heavy atom. The summed E-state index contributed by atoms with van der Waals surface area (Å²) in [4.78, 5) is 9.05. The van der Waals surface area contributed by atoms with Crippen molar-refractivity contribution in [3.05, 3.63) is 90.3 Å². The lowest BCUT2D eigenvalue weighted by atomic mass is 10.0. The SMILES string of the molecule is COc1ccc(-c2ccc(/C=C/c3cnc4ccccc4n3)cc2)cc1. The van der Waals surface area contributed by atoms with Crippen molar-refractivity contribution in [3.63, 3.8) is 0 Å². The number of rotatable bonds is 4. The highest BCUT2D eigenvalue weighted by molar-refractivity contribution is 5.77. The fourth-order valence-corrected chi connectivity index (χ4v) is 2.80. The van der Waals surface area contributed by atoms with Gasteiger partial charge in [-0.15, -0.1) is 0 Å². The third-order valence-electron chi connectivity index (χ3n) is 4.25. The third-order valence-corrected chi connectivity index (χ3v) is 4.25. The summed E-state index contributed by atoms with van der Waals surface area (Å²) in [5, 5.41) is 0. The van der Waals surface area contributed by atoms with Crippen molar-refractivity contribution >= 4 is 23.2 Å². The van der Waals surface area contributed by atoms with Crippen LogP contribution in [0, 0.1) is 0 Å². The fourth-order valence-electron chi connectivity index (χ4n) is 2.80. The second-order valence-electron chi connectivity index (χ2n) is 5.97. The number of nitrogens with zero attached hydrogens (tertiary/aromatic N) is 2. The van der Waals surface area contributed by atoms with Crippen molar-refractivity contribution in [2.45, 2.75) is 0 Å². The minimum Gasteiger partial charge on any atom is -0.497 e. The predicted molar refractivity (Wildman–Crippen MR) is 107 cm³/mol. The number of benzene rings is 3. The number of methoxy groups -OCH3 is 1. The highest BCUT2D eigenvalue weighted by Crippen LogP contribution is 2.23. The molecule has 0 aliphatic rings. The van der Waals surface area contributed by atoms with E-state index in [1.54, 1.807) is 13.3 Å². The lowest BCUT2D eigenvalue weighted by Crippen LogP contribution is -1.86. The van der Waals surface area contributed by atoms with Crippen molar-refractivity contribution in [1.29, 1.82) is 0 Å². The zero-order chi connectivity index (χ0) is 17.8. The maximum Gasteiger partial charge on any atom is 0.118 e. The Hall–Kier alpha value is -3.46. The predicted octanol–water partition coefficient (Wildman–Crippen LogP) is 5.48. The second kappa shape index (κ2) is 7.19. The lowest BCUT2D eigenvalue weighted by molar-refractivity contribution is 0.415. The summed E-state index contributed by atoms with van der Waals surface area (Å²) in [6, 6.07) is 24.4. The normalized spacial score (nSPS) is 11.1. The molecule has 126 valence electrons. The molecule has 0 radical (unpaired) electrons. The Kier molecular flexibility index (Phi) is 4.44. The first kappa shape index (κ1) is 16.0. The summed E-state index contributed by atoms with van der Waals surface area (Å²) in [5.41, 5.74) is 6.13. The lowest BCUT2D eigenvalue weighted by Gasteiger charge is -2.04. The molecule has 0 N–H and O–H groups in total. The van der Waals surface area contributed by atoms with Gasteiger partial charge in [0, 0.05) is 0 Å². The molecule has 1 heterocycles.